The van der Waals surface area contributed by atoms with Gasteiger partial charge in [-0.1, -0.05) is 12.1 Å². The van der Waals surface area contributed by atoms with Crippen molar-refractivity contribution in [2.45, 2.75) is 6.54 Å². The maximum absolute atomic E-state index is 10.6. The molecule has 0 saturated heterocycles. The van der Waals surface area contributed by atoms with Gasteiger partial charge in [0.05, 0.1) is 0 Å². The Kier molecular flexibility index (Phi) is 3.70. The third-order valence-corrected chi connectivity index (χ3v) is 2.14. The highest BCUT2D eigenvalue weighted by Crippen LogP contribution is 2.17. The number of amides is 2. The Bertz CT molecular complexity index is 513. The summed E-state index contributed by atoms with van der Waals surface area (Å²) in [5.74, 6) is 0.629. The van der Waals surface area contributed by atoms with Gasteiger partial charge in [0.2, 0.25) is 0 Å². The fraction of sp³-hybridized carbons (Fsp3) is 0.0833. The molecule has 92 valence electrons. The molecule has 0 unspecified atom stereocenters. The second-order valence-corrected chi connectivity index (χ2v) is 3.50. The normalized spacial score (nSPS) is 9.78. The van der Waals surface area contributed by atoms with Crippen molar-refractivity contribution in [2.24, 2.45) is 5.73 Å². The van der Waals surface area contributed by atoms with E-state index in [1.165, 1.54) is 0 Å². The SMILES string of the molecule is NC(=O)NCc1ccc(Oc2ncccn2)cc1. The highest BCUT2D eigenvalue weighted by molar-refractivity contribution is 5.71. The van der Waals surface area contributed by atoms with E-state index in [0.717, 1.165) is 5.56 Å². The average molecular weight is 244 g/mol. The minimum Gasteiger partial charge on any atom is -0.424 e. The summed E-state index contributed by atoms with van der Waals surface area (Å²) in [5.41, 5.74) is 5.91. The molecule has 2 aromatic rings. The molecule has 6 heteroatoms. The zero-order valence-electron chi connectivity index (χ0n) is 9.54. The minimum atomic E-state index is -0.548. The van der Waals surface area contributed by atoms with Gasteiger partial charge in [-0.15, -0.1) is 0 Å². The lowest BCUT2D eigenvalue weighted by Crippen LogP contribution is -2.28. The van der Waals surface area contributed by atoms with Gasteiger partial charge in [-0.3, -0.25) is 0 Å². The van der Waals surface area contributed by atoms with E-state index in [1.54, 1.807) is 30.6 Å². The second-order valence-electron chi connectivity index (χ2n) is 3.50. The van der Waals surface area contributed by atoms with Gasteiger partial charge in [-0.2, -0.15) is 0 Å². The first-order valence-corrected chi connectivity index (χ1v) is 5.31. The van der Waals surface area contributed by atoms with Crippen molar-refractivity contribution in [3.8, 4) is 11.8 Å². The van der Waals surface area contributed by atoms with Crippen LogP contribution < -0.4 is 15.8 Å². The molecule has 0 fully saturated rings. The molecule has 0 radical (unpaired) electrons. The Morgan fingerprint density at radius 2 is 1.89 bits per heavy atom. The summed E-state index contributed by atoms with van der Waals surface area (Å²) in [7, 11) is 0. The molecule has 0 aliphatic heterocycles. The first kappa shape index (κ1) is 11.8. The number of rotatable bonds is 4. The van der Waals surface area contributed by atoms with Crippen LogP contribution in [0.1, 0.15) is 5.56 Å². The summed E-state index contributed by atoms with van der Waals surface area (Å²) in [6.07, 6.45) is 3.21. The molecule has 2 amide bonds. The number of hydrogen-bond acceptors (Lipinski definition) is 4. The summed E-state index contributed by atoms with van der Waals surface area (Å²) in [4.78, 5) is 18.4. The molecule has 1 aromatic heterocycles. The lowest BCUT2D eigenvalue weighted by molar-refractivity contribution is 0.248. The largest absolute Gasteiger partial charge is 0.424 e. The zero-order valence-corrected chi connectivity index (χ0v) is 9.54. The molecule has 0 saturated carbocycles. The fourth-order valence-electron chi connectivity index (χ4n) is 1.31. The van der Waals surface area contributed by atoms with Crippen LogP contribution in [-0.4, -0.2) is 16.0 Å². The summed E-state index contributed by atoms with van der Waals surface area (Å²) in [5, 5.41) is 2.50. The van der Waals surface area contributed by atoms with Gasteiger partial charge >= 0.3 is 12.0 Å². The number of primary amides is 1. The van der Waals surface area contributed by atoms with Crippen LogP contribution in [0.15, 0.2) is 42.7 Å². The first-order chi connectivity index (χ1) is 8.74. The van der Waals surface area contributed by atoms with Crippen molar-refractivity contribution in [1.82, 2.24) is 15.3 Å². The van der Waals surface area contributed by atoms with E-state index in [1.807, 2.05) is 12.1 Å². The highest BCUT2D eigenvalue weighted by Gasteiger charge is 2.00. The summed E-state index contributed by atoms with van der Waals surface area (Å²) < 4.78 is 5.42. The van der Waals surface area contributed by atoms with Crippen molar-refractivity contribution in [3.05, 3.63) is 48.3 Å². The van der Waals surface area contributed by atoms with Crippen LogP contribution in [0.5, 0.6) is 11.8 Å². The molecule has 2 rings (SSSR count). The second kappa shape index (κ2) is 5.62. The lowest BCUT2D eigenvalue weighted by Gasteiger charge is -2.05. The topological polar surface area (TPSA) is 90.1 Å². The van der Waals surface area contributed by atoms with E-state index in [4.69, 9.17) is 10.5 Å². The predicted molar refractivity (Wildman–Crippen MR) is 65.0 cm³/mol. The number of hydrogen-bond donors (Lipinski definition) is 2. The molecule has 0 bridgehead atoms. The third kappa shape index (κ3) is 3.44. The summed E-state index contributed by atoms with van der Waals surface area (Å²) >= 11 is 0. The third-order valence-electron chi connectivity index (χ3n) is 2.14. The fourth-order valence-corrected chi connectivity index (χ4v) is 1.31. The van der Waals surface area contributed by atoms with Crippen LogP contribution in [0, 0.1) is 0 Å². The molecular weight excluding hydrogens is 232 g/mol. The number of nitrogens with one attached hydrogen (secondary N) is 1. The van der Waals surface area contributed by atoms with Gasteiger partial charge in [0, 0.05) is 18.9 Å². The number of carbonyl (C=O) groups excluding carboxylic acids is 1. The van der Waals surface area contributed by atoms with E-state index in [0.29, 0.717) is 18.3 Å². The standard InChI is InChI=1S/C12H12N4O2/c13-11(17)16-8-9-2-4-10(5-3-9)18-12-14-6-1-7-15-12/h1-7H,8H2,(H3,13,16,17). The molecule has 18 heavy (non-hydrogen) atoms. The number of carbonyl (C=O) groups is 1. The number of urea groups is 1. The number of aromatic nitrogens is 2. The molecule has 6 nitrogen and oxygen atoms in total. The quantitative estimate of drug-likeness (QED) is 0.851. The van der Waals surface area contributed by atoms with Gasteiger partial charge in [0.15, 0.2) is 0 Å². The minimum absolute atomic E-state index is 0.292. The smallest absolute Gasteiger partial charge is 0.321 e. The van der Waals surface area contributed by atoms with Gasteiger partial charge in [0.25, 0.3) is 0 Å². The van der Waals surface area contributed by atoms with Crippen molar-refractivity contribution < 1.29 is 9.53 Å². The van der Waals surface area contributed by atoms with E-state index in [-0.39, 0.29) is 0 Å². The summed E-state index contributed by atoms with van der Waals surface area (Å²) in [6.45, 7) is 0.386. The number of nitrogens with zero attached hydrogens (tertiary/aromatic N) is 2. The highest BCUT2D eigenvalue weighted by atomic mass is 16.5. The van der Waals surface area contributed by atoms with E-state index in [2.05, 4.69) is 15.3 Å². The maximum Gasteiger partial charge on any atom is 0.321 e. The van der Waals surface area contributed by atoms with E-state index >= 15 is 0 Å². The number of ether oxygens (including phenoxy) is 1. The van der Waals surface area contributed by atoms with Crippen molar-refractivity contribution in [3.63, 3.8) is 0 Å². The van der Waals surface area contributed by atoms with E-state index < -0.39 is 6.03 Å². The Hall–Kier alpha value is -2.63. The van der Waals surface area contributed by atoms with Gasteiger partial charge in [0.1, 0.15) is 5.75 Å². The van der Waals surface area contributed by atoms with Crippen LogP contribution in [0.25, 0.3) is 0 Å². The Balaban J connectivity index is 1.97. The van der Waals surface area contributed by atoms with Gasteiger partial charge in [-0.05, 0) is 23.8 Å². The Labute approximate surface area is 104 Å². The van der Waals surface area contributed by atoms with Crippen molar-refractivity contribution >= 4 is 6.03 Å². The van der Waals surface area contributed by atoms with Crippen LogP contribution in [0.4, 0.5) is 4.79 Å². The van der Waals surface area contributed by atoms with Crippen molar-refractivity contribution in [1.29, 1.82) is 0 Å². The van der Waals surface area contributed by atoms with Crippen LogP contribution in [-0.2, 0) is 6.54 Å². The molecule has 0 spiro atoms. The summed E-state index contributed by atoms with van der Waals surface area (Å²) in [6, 6.07) is 8.66. The maximum atomic E-state index is 10.6. The predicted octanol–water partition coefficient (Wildman–Crippen LogP) is 1.44. The van der Waals surface area contributed by atoms with Crippen LogP contribution in [0.3, 0.4) is 0 Å². The molecule has 1 aromatic carbocycles. The number of nitrogens with two attached hydrogens (primary N) is 1. The number of benzene rings is 1. The molecule has 0 aliphatic rings. The van der Waals surface area contributed by atoms with E-state index in [9.17, 15) is 4.79 Å². The van der Waals surface area contributed by atoms with Gasteiger partial charge < -0.3 is 15.8 Å². The monoisotopic (exact) mass is 244 g/mol. The first-order valence-electron chi connectivity index (χ1n) is 5.31. The molecular formula is C12H12N4O2. The average Bonchev–Trinajstić information content (AvgIpc) is 2.39. The molecule has 0 aliphatic carbocycles. The Morgan fingerprint density at radius 3 is 2.50 bits per heavy atom. The van der Waals surface area contributed by atoms with Gasteiger partial charge in [-0.25, -0.2) is 14.8 Å². The molecule has 3 N–H and O–H groups in total. The zero-order chi connectivity index (χ0) is 12.8. The van der Waals surface area contributed by atoms with Crippen LogP contribution >= 0.6 is 0 Å². The Morgan fingerprint density at radius 1 is 1.22 bits per heavy atom. The van der Waals surface area contributed by atoms with Crippen molar-refractivity contribution in [2.75, 3.05) is 0 Å². The van der Waals surface area contributed by atoms with Crippen LogP contribution in [0.2, 0.25) is 0 Å². The lowest BCUT2D eigenvalue weighted by atomic mass is 10.2. The molecule has 0 atom stereocenters. The molecule has 1 heterocycles.